The van der Waals surface area contributed by atoms with Gasteiger partial charge < -0.3 is 14.8 Å². The van der Waals surface area contributed by atoms with Crippen molar-refractivity contribution in [3.8, 4) is 11.5 Å². The summed E-state index contributed by atoms with van der Waals surface area (Å²) in [5, 5.41) is 13.9. The molecular weight excluding hydrogens is 360 g/mol. The maximum atomic E-state index is 12.1. The average Bonchev–Trinajstić information content (AvgIpc) is 2.60. The first-order valence-corrected chi connectivity index (χ1v) is 7.89. The molecule has 0 aliphatic heterocycles. The molecule has 1 N–H and O–H groups in total. The first-order chi connectivity index (χ1) is 12.4. The topological polar surface area (TPSA) is 90.7 Å². The van der Waals surface area contributed by atoms with Crippen LogP contribution in [-0.4, -0.2) is 25.1 Å². The maximum absolute atomic E-state index is 12.1. The van der Waals surface area contributed by atoms with E-state index in [-0.39, 0.29) is 5.69 Å². The molecular formula is C18H17ClN2O5. The van der Waals surface area contributed by atoms with Crippen molar-refractivity contribution in [2.24, 2.45) is 0 Å². The van der Waals surface area contributed by atoms with Gasteiger partial charge in [-0.25, -0.2) is 0 Å². The zero-order chi connectivity index (χ0) is 19.3. The van der Waals surface area contributed by atoms with Crippen LogP contribution in [0.2, 0.25) is 5.02 Å². The second-order valence-electron chi connectivity index (χ2n) is 5.27. The Morgan fingerprint density at radius 3 is 2.62 bits per heavy atom. The van der Waals surface area contributed by atoms with Gasteiger partial charge in [-0.1, -0.05) is 17.7 Å². The van der Waals surface area contributed by atoms with Crippen LogP contribution in [0.4, 0.5) is 11.4 Å². The van der Waals surface area contributed by atoms with Gasteiger partial charge in [-0.15, -0.1) is 0 Å². The third-order valence-corrected chi connectivity index (χ3v) is 3.92. The number of methoxy groups -OCH3 is 2. The maximum Gasteiger partial charge on any atom is 0.274 e. The number of halogens is 1. The number of anilines is 1. The third kappa shape index (κ3) is 4.31. The van der Waals surface area contributed by atoms with Crippen LogP contribution in [0.3, 0.4) is 0 Å². The van der Waals surface area contributed by atoms with Crippen molar-refractivity contribution in [1.29, 1.82) is 0 Å². The van der Waals surface area contributed by atoms with Crippen LogP contribution in [0.5, 0.6) is 11.5 Å². The van der Waals surface area contributed by atoms with E-state index in [2.05, 4.69) is 5.32 Å². The molecule has 2 aromatic rings. The van der Waals surface area contributed by atoms with Crippen LogP contribution in [0, 0.1) is 17.0 Å². The fourth-order valence-corrected chi connectivity index (χ4v) is 2.63. The van der Waals surface area contributed by atoms with Crippen LogP contribution >= 0.6 is 11.6 Å². The van der Waals surface area contributed by atoms with Gasteiger partial charge in [0.25, 0.3) is 5.69 Å². The second kappa shape index (κ2) is 8.35. The number of hydrogen-bond acceptors (Lipinski definition) is 5. The Labute approximate surface area is 155 Å². The summed E-state index contributed by atoms with van der Waals surface area (Å²) >= 11 is 6.12. The summed E-state index contributed by atoms with van der Waals surface area (Å²) in [5.41, 5.74) is 1.34. The van der Waals surface area contributed by atoms with Gasteiger partial charge in [0.15, 0.2) is 11.5 Å². The molecule has 2 aromatic carbocycles. The fraction of sp³-hybridized carbons (Fsp3) is 0.167. The van der Waals surface area contributed by atoms with E-state index in [0.717, 1.165) is 0 Å². The Kier molecular flexibility index (Phi) is 6.19. The van der Waals surface area contributed by atoms with Crippen molar-refractivity contribution >= 4 is 35.0 Å². The molecule has 0 aliphatic rings. The number of nitro benzene ring substituents is 1. The van der Waals surface area contributed by atoms with Crippen molar-refractivity contribution in [3.63, 3.8) is 0 Å². The Bertz CT molecular complexity index is 880. The van der Waals surface area contributed by atoms with Gasteiger partial charge in [-0.05, 0) is 36.8 Å². The van der Waals surface area contributed by atoms with Crippen LogP contribution in [-0.2, 0) is 4.79 Å². The van der Waals surface area contributed by atoms with E-state index >= 15 is 0 Å². The fourth-order valence-electron chi connectivity index (χ4n) is 2.34. The van der Waals surface area contributed by atoms with Crippen LogP contribution in [0.1, 0.15) is 11.1 Å². The number of rotatable bonds is 6. The molecule has 0 aromatic heterocycles. The number of ether oxygens (including phenoxy) is 2. The lowest BCUT2D eigenvalue weighted by molar-refractivity contribution is -0.385. The quantitative estimate of drug-likeness (QED) is 0.463. The van der Waals surface area contributed by atoms with Crippen molar-refractivity contribution in [1.82, 2.24) is 0 Å². The van der Waals surface area contributed by atoms with E-state index in [1.165, 1.54) is 32.4 Å². The summed E-state index contributed by atoms with van der Waals surface area (Å²) in [7, 11) is 2.97. The molecule has 0 saturated heterocycles. The predicted octanol–water partition coefficient (Wildman–Crippen LogP) is 4.23. The molecule has 0 heterocycles. The van der Waals surface area contributed by atoms with Gasteiger partial charge in [-0.2, -0.15) is 0 Å². The third-order valence-electron chi connectivity index (χ3n) is 3.64. The van der Waals surface area contributed by atoms with E-state index in [0.29, 0.717) is 33.3 Å². The van der Waals surface area contributed by atoms with E-state index < -0.39 is 10.8 Å². The minimum atomic E-state index is -0.494. The monoisotopic (exact) mass is 376 g/mol. The highest BCUT2D eigenvalue weighted by Crippen LogP contribution is 2.36. The van der Waals surface area contributed by atoms with Gasteiger partial charge in [-0.3, -0.25) is 14.9 Å². The number of nitro groups is 1. The lowest BCUT2D eigenvalue weighted by Crippen LogP contribution is -2.09. The molecule has 0 aliphatic carbocycles. The molecule has 136 valence electrons. The summed E-state index contributed by atoms with van der Waals surface area (Å²) in [4.78, 5) is 22.6. The van der Waals surface area contributed by atoms with Gasteiger partial charge >= 0.3 is 0 Å². The second-order valence-corrected chi connectivity index (χ2v) is 5.67. The summed E-state index contributed by atoms with van der Waals surface area (Å²) in [6.45, 7) is 1.57. The standard InChI is InChI=1S/C18H17ClN2O5/c1-11-14(5-4-6-15(11)21(23)24)20-17(22)8-7-12-9-13(19)18(26-3)16(10-12)25-2/h4-10H,1-3H3,(H,20,22)/b8-7+. The summed E-state index contributed by atoms with van der Waals surface area (Å²) in [5.74, 6) is 0.414. The zero-order valence-electron chi connectivity index (χ0n) is 14.4. The zero-order valence-corrected chi connectivity index (χ0v) is 15.2. The largest absolute Gasteiger partial charge is 0.493 e. The molecule has 0 saturated carbocycles. The molecule has 0 unspecified atom stereocenters. The highest BCUT2D eigenvalue weighted by atomic mass is 35.5. The Morgan fingerprint density at radius 1 is 1.27 bits per heavy atom. The van der Waals surface area contributed by atoms with E-state index in [1.807, 2.05) is 0 Å². The average molecular weight is 377 g/mol. The lowest BCUT2D eigenvalue weighted by Gasteiger charge is -2.10. The molecule has 0 radical (unpaired) electrons. The first-order valence-electron chi connectivity index (χ1n) is 7.52. The number of carbonyl (C=O) groups excluding carboxylic acids is 1. The Hall–Kier alpha value is -3.06. The molecule has 0 spiro atoms. The normalized spacial score (nSPS) is 10.6. The summed E-state index contributed by atoms with van der Waals surface area (Å²) in [6, 6.07) is 7.80. The predicted molar refractivity (Wildman–Crippen MR) is 100 cm³/mol. The lowest BCUT2D eigenvalue weighted by atomic mass is 10.1. The Morgan fingerprint density at radius 2 is 2.00 bits per heavy atom. The number of carbonyl (C=O) groups is 1. The smallest absolute Gasteiger partial charge is 0.274 e. The van der Waals surface area contributed by atoms with Gasteiger partial charge in [0.05, 0.1) is 35.4 Å². The molecule has 2 rings (SSSR count). The van der Waals surface area contributed by atoms with Crippen molar-refractivity contribution in [2.45, 2.75) is 6.92 Å². The number of nitrogens with one attached hydrogen (secondary N) is 1. The minimum Gasteiger partial charge on any atom is -0.493 e. The number of benzene rings is 2. The van der Waals surface area contributed by atoms with Gasteiger partial charge in [0, 0.05) is 12.1 Å². The van der Waals surface area contributed by atoms with E-state index in [9.17, 15) is 14.9 Å². The van der Waals surface area contributed by atoms with Gasteiger partial charge in [0.1, 0.15) is 0 Å². The van der Waals surface area contributed by atoms with Crippen LogP contribution in [0.25, 0.3) is 6.08 Å². The van der Waals surface area contributed by atoms with Gasteiger partial charge in [0.2, 0.25) is 5.91 Å². The first kappa shape index (κ1) is 19.3. The van der Waals surface area contributed by atoms with Crippen molar-refractivity contribution in [2.75, 3.05) is 19.5 Å². The highest BCUT2D eigenvalue weighted by Gasteiger charge is 2.14. The number of hydrogen-bond donors (Lipinski definition) is 1. The van der Waals surface area contributed by atoms with Crippen LogP contribution in [0.15, 0.2) is 36.4 Å². The summed E-state index contributed by atoms with van der Waals surface area (Å²) in [6.07, 6.45) is 2.85. The highest BCUT2D eigenvalue weighted by molar-refractivity contribution is 6.32. The molecule has 7 nitrogen and oxygen atoms in total. The minimum absolute atomic E-state index is 0.0570. The molecule has 0 atom stereocenters. The molecule has 8 heteroatoms. The van der Waals surface area contributed by atoms with Crippen LogP contribution < -0.4 is 14.8 Å². The Balaban J connectivity index is 2.19. The molecule has 1 amide bonds. The van der Waals surface area contributed by atoms with Crippen molar-refractivity contribution < 1.29 is 19.2 Å². The molecule has 0 fully saturated rings. The number of nitrogens with zero attached hydrogens (tertiary/aromatic N) is 1. The molecule has 0 bridgehead atoms. The van der Waals surface area contributed by atoms with E-state index in [4.69, 9.17) is 21.1 Å². The van der Waals surface area contributed by atoms with E-state index in [1.54, 1.807) is 31.2 Å². The number of amides is 1. The summed E-state index contributed by atoms with van der Waals surface area (Å²) < 4.78 is 10.4. The van der Waals surface area contributed by atoms with Crippen molar-refractivity contribution in [3.05, 3.63) is 62.7 Å². The molecule has 26 heavy (non-hydrogen) atoms. The SMILES string of the molecule is COc1cc(/C=C/C(=O)Nc2cccc([N+](=O)[O-])c2C)cc(Cl)c1OC.